The second-order valence-corrected chi connectivity index (χ2v) is 5.53. The molecular weight excluding hydrogens is 270 g/mol. The van der Waals surface area contributed by atoms with Crippen molar-refractivity contribution < 1.29 is 4.79 Å². The summed E-state index contributed by atoms with van der Waals surface area (Å²) in [5.41, 5.74) is 2.57. The van der Waals surface area contributed by atoms with Crippen LogP contribution in [0.15, 0.2) is 29.8 Å². The lowest BCUT2D eigenvalue weighted by atomic mass is 10.1. The number of amides is 1. The third kappa shape index (κ3) is 3.17. The monoisotopic (exact) mass is 289 g/mol. The van der Waals surface area contributed by atoms with E-state index in [1.54, 1.807) is 17.5 Å². The summed E-state index contributed by atoms with van der Waals surface area (Å²) >= 11 is 1.56. The van der Waals surface area contributed by atoms with Gasteiger partial charge in [-0.2, -0.15) is 0 Å². The van der Waals surface area contributed by atoms with E-state index >= 15 is 0 Å². The van der Waals surface area contributed by atoms with Crippen molar-refractivity contribution in [2.45, 2.75) is 26.3 Å². The standard InChI is InChI=1S/C15H19N3OS/c1-4-12(15-17-7-8-20-15)18-14(19)11-9-10(2)5-6-13(11)16-3/h5-9,12,16H,4H2,1-3H3,(H,18,19). The van der Waals surface area contributed by atoms with E-state index < -0.39 is 0 Å². The zero-order valence-corrected chi connectivity index (χ0v) is 12.8. The van der Waals surface area contributed by atoms with Gasteiger partial charge in [0, 0.05) is 24.3 Å². The van der Waals surface area contributed by atoms with Gasteiger partial charge < -0.3 is 10.6 Å². The predicted molar refractivity (Wildman–Crippen MR) is 83.3 cm³/mol. The molecule has 1 atom stereocenters. The van der Waals surface area contributed by atoms with Crippen LogP contribution in [0, 0.1) is 6.92 Å². The summed E-state index contributed by atoms with van der Waals surface area (Å²) in [4.78, 5) is 16.7. The molecule has 0 aliphatic carbocycles. The van der Waals surface area contributed by atoms with Gasteiger partial charge in [0.05, 0.1) is 11.6 Å². The van der Waals surface area contributed by atoms with Crippen molar-refractivity contribution in [3.63, 3.8) is 0 Å². The van der Waals surface area contributed by atoms with Gasteiger partial charge in [0.1, 0.15) is 5.01 Å². The fraction of sp³-hybridized carbons (Fsp3) is 0.333. The predicted octanol–water partition coefficient (Wildman–Crippen LogP) is 3.37. The molecule has 1 unspecified atom stereocenters. The van der Waals surface area contributed by atoms with Crippen LogP contribution in [0.3, 0.4) is 0 Å². The maximum atomic E-state index is 12.5. The van der Waals surface area contributed by atoms with E-state index in [1.165, 1.54) is 0 Å². The Bertz CT molecular complexity index is 581. The van der Waals surface area contributed by atoms with E-state index in [2.05, 4.69) is 15.6 Å². The molecule has 5 heteroatoms. The maximum absolute atomic E-state index is 12.5. The molecule has 0 fully saturated rings. The van der Waals surface area contributed by atoms with Gasteiger partial charge in [0.2, 0.25) is 0 Å². The number of nitrogens with zero attached hydrogens (tertiary/aromatic N) is 1. The molecule has 2 N–H and O–H groups in total. The van der Waals surface area contributed by atoms with Gasteiger partial charge >= 0.3 is 0 Å². The molecule has 0 saturated heterocycles. The number of thiazole rings is 1. The summed E-state index contributed by atoms with van der Waals surface area (Å²) in [5.74, 6) is -0.0694. The summed E-state index contributed by atoms with van der Waals surface area (Å²) in [6.45, 7) is 4.02. The molecule has 2 aromatic rings. The molecule has 106 valence electrons. The summed E-state index contributed by atoms with van der Waals surface area (Å²) in [5, 5.41) is 8.98. The number of anilines is 1. The largest absolute Gasteiger partial charge is 0.387 e. The van der Waals surface area contributed by atoms with Crippen molar-refractivity contribution in [3.05, 3.63) is 45.9 Å². The van der Waals surface area contributed by atoms with Crippen LogP contribution in [0.1, 0.15) is 40.3 Å². The molecule has 20 heavy (non-hydrogen) atoms. The first-order valence-electron chi connectivity index (χ1n) is 6.64. The number of hydrogen-bond donors (Lipinski definition) is 2. The summed E-state index contributed by atoms with van der Waals surface area (Å²) in [6.07, 6.45) is 2.58. The van der Waals surface area contributed by atoms with E-state index in [1.807, 2.05) is 44.5 Å². The fourth-order valence-corrected chi connectivity index (χ4v) is 2.82. The van der Waals surface area contributed by atoms with Crippen molar-refractivity contribution in [2.75, 3.05) is 12.4 Å². The Morgan fingerprint density at radius 1 is 1.45 bits per heavy atom. The number of benzene rings is 1. The highest BCUT2D eigenvalue weighted by molar-refractivity contribution is 7.09. The van der Waals surface area contributed by atoms with Crippen LogP contribution in [0.25, 0.3) is 0 Å². The maximum Gasteiger partial charge on any atom is 0.253 e. The van der Waals surface area contributed by atoms with Gasteiger partial charge in [-0.3, -0.25) is 4.79 Å². The van der Waals surface area contributed by atoms with Gasteiger partial charge in [0.25, 0.3) is 5.91 Å². The van der Waals surface area contributed by atoms with Crippen molar-refractivity contribution in [2.24, 2.45) is 0 Å². The van der Waals surface area contributed by atoms with E-state index in [0.29, 0.717) is 5.56 Å². The van der Waals surface area contributed by atoms with Gasteiger partial charge in [-0.15, -0.1) is 11.3 Å². The van der Waals surface area contributed by atoms with Crippen LogP contribution in [-0.2, 0) is 0 Å². The molecule has 0 aliphatic heterocycles. The Labute approximate surface area is 123 Å². The number of rotatable bonds is 5. The molecule has 0 radical (unpaired) electrons. The zero-order valence-electron chi connectivity index (χ0n) is 11.9. The Morgan fingerprint density at radius 2 is 2.25 bits per heavy atom. The lowest BCUT2D eigenvalue weighted by molar-refractivity contribution is 0.0936. The minimum atomic E-state index is -0.0694. The minimum absolute atomic E-state index is 0.0345. The van der Waals surface area contributed by atoms with E-state index in [0.717, 1.165) is 22.7 Å². The van der Waals surface area contributed by atoms with Gasteiger partial charge in [0.15, 0.2) is 0 Å². The first-order valence-corrected chi connectivity index (χ1v) is 7.52. The Kier molecular flexibility index (Phi) is 4.74. The second-order valence-electron chi connectivity index (χ2n) is 4.60. The molecule has 4 nitrogen and oxygen atoms in total. The Balaban J connectivity index is 2.21. The lowest BCUT2D eigenvalue weighted by Gasteiger charge is -2.16. The summed E-state index contributed by atoms with van der Waals surface area (Å²) in [6, 6.07) is 5.78. The number of carbonyl (C=O) groups is 1. The highest BCUT2D eigenvalue weighted by atomic mass is 32.1. The van der Waals surface area contributed by atoms with Crippen molar-refractivity contribution >= 4 is 22.9 Å². The Morgan fingerprint density at radius 3 is 2.85 bits per heavy atom. The molecule has 1 aromatic heterocycles. The number of aryl methyl sites for hydroxylation is 1. The van der Waals surface area contributed by atoms with Crippen LogP contribution >= 0.6 is 11.3 Å². The smallest absolute Gasteiger partial charge is 0.253 e. The topological polar surface area (TPSA) is 54.0 Å². The van der Waals surface area contributed by atoms with E-state index in [9.17, 15) is 4.79 Å². The van der Waals surface area contributed by atoms with Gasteiger partial charge in [-0.05, 0) is 25.5 Å². The summed E-state index contributed by atoms with van der Waals surface area (Å²) in [7, 11) is 1.82. The van der Waals surface area contributed by atoms with Gasteiger partial charge in [-0.25, -0.2) is 4.98 Å². The van der Waals surface area contributed by atoms with Crippen LogP contribution < -0.4 is 10.6 Å². The molecule has 1 aromatic carbocycles. The minimum Gasteiger partial charge on any atom is -0.387 e. The number of aromatic nitrogens is 1. The number of nitrogens with one attached hydrogen (secondary N) is 2. The SMILES string of the molecule is CCC(NC(=O)c1cc(C)ccc1NC)c1nccs1. The number of carbonyl (C=O) groups excluding carboxylic acids is 1. The van der Waals surface area contributed by atoms with Crippen molar-refractivity contribution in [1.82, 2.24) is 10.3 Å². The van der Waals surface area contributed by atoms with Crippen LogP contribution in [0.4, 0.5) is 5.69 Å². The average Bonchev–Trinajstić information content (AvgIpc) is 2.98. The Hall–Kier alpha value is -1.88. The molecule has 2 rings (SSSR count). The van der Waals surface area contributed by atoms with Gasteiger partial charge in [-0.1, -0.05) is 18.6 Å². The highest BCUT2D eigenvalue weighted by Gasteiger charge is 2.18. The average molecular weight is 289 g/mol. The van der Waals surface area contributed by atoms with E-state index in [4.69, 9.17) is 0 Å². The highest BCUT2D eigenvalue weighted by Crippen LogP contribution is 2.22. The third-order valence-corrected chi connectivity index (χ3v) is 4.04. The molecule has 0 aliphatic rings. The third-order valence-electron chi connectivity index (χ3n) is 3.15. The van der Waals surface area contributed by atoms with Crippen molar-refractivity contribution in [3.8, 4) is 0 Å². The normalized spacial score (nSPS) is 11.9. The molecular formula is C15H19N3OS. The van der Waals surface area contributed by atoms with Crippen LogP contribution in [0.2, 0.25) is 0 Å². The fourth-order valence-electron chi connectivity index (χ4n) is 2.04. The first kappa shape index (κ1) is 14.5. The van der Waals surface area contributed by atoms with Crippen LogP contribution in [-0.4, -0.2) is 17.9 Å². The van der Waals surface area contributed by atoms with E-state index in [-0.39, 0.29) is 11.9 Å². The summed E-state index contributed by atoms with van der Waals surface area (Å²) < 4.78 is 0. The zero-order chi connectivity index (χ0) is 14.5. The number of hydrogen-bond acceptors (Lipinski definition) is 4. The molecule has 0 saturated carbocycles. The molecule has 1 amide bonds. The second kappa shape index (κ2) is 6.52. The van der Waals surface area contributed by atoms with Crippen LogP contribution in [0.5, 0.6) is 0 Å². The molecule has 0 spiro atoms. The molecule has 1 heterocycles. The molecule has 0 bridgehead atoms. The lowest BCUT2D eigenvalue weighted by Crippen LogP contribution is -2.28. The van der Waals surface area contributed by atoms with Crippen molar-refractivity contribution in [1.29, 1.82) is 0 Å². The first-order chi connectivity index (χ1) is 9.65. The quantitative estimate of drug-likeness (QED) is 0.887.